The summed E-state index contributed by atoms with van der Waals surface area (Å²) in [5.41, 5.74) is -0.181. The Labute approximate surface area is 123 Å². The lowest BCUT2D eigenvalue weighted by atomic mass is 10.1. The molecule has 2 rings (SSSR count). The van der Waals surface area contributed by atoms with E-state index in [1.807, 2.05) is 0 Å². The molecule has 2 heterocycles. The second kappa shape index (κ2) is 7.11. The molecule has 6 heteroatoms. The van der Waals surface area contributed by atoms with Crippen molar-refractivity contribution in [1.82, 2.24) is 9.88 Å². The molecule has 1 aromatic rings. The highest BCUT2D eigenvalue weighted by Gasteiger charge is 2.32. The number of likely N-dealkylation sites (tertiary alicyclic amines) is 1. The summed E-state index contributed by atoms with van der Waals surface area (Å²) in [6.45, 7) is 5.44. The van der Waals surface area contributed by atoms with Gasteiger partial charge in [-0.1, -0.05) is 6.92 Å². The van der Waals surface area contributed by atoms with E-state index in [1.54, 1.807) is 0 Å². The van der Waals surface area contributed by atoms with Crippen LogP contribution < -0.4 is 5.32 Å². The van der Waals surface area contributed by atoms with E-state index in [2.05, 4.69) is 22.1 Å². The van der Waals surface area contributed by atoms with Gasteiger partial charge in [0.05, 0.1) is 11.9 Å². The summed E-state index contributed by atoms with van der Waals surface area (Å²) >= 11 is 0. The number of alkyl halides is 3. The van der Waals surface area contributed by atoms with E-state index in [1.165, 1.54) is 12.3 Å². The molecule has 0 spiro atoms. The number of hydrogen-bond acceptors (Lipinski definition) is 3. The van der Waals surface area contributed by atoms with E-state index in [0.717, 1.165) is 51.4 Å². The zero-order valence-electron chi connectivity index (χ0n) is 12.3. The lowest BCUT2D eigenvalue weighted by Gasteiger charge is -2.20. The van der Waals surface area contributed by atoms with Crippen molar-refractivity contribution in [2.45, 2.75) is 44.8 Å². The summed E-state index contributed by atoms with van der Waals surface area (Å²) in [7, 11) is 0. The Morgan fingerprint density at radius 1 is 1.29 bits per heavy atom. The molecule has 21 heavy (non-hydrogen) atoms. The Balaban J connectivity index is 1.89. The van der Waals surface area contributed by atoms with Crippen LogP contribution in [0.4, 0.5) is 18.9 Å². The third-order valence-electron chi connectivity index (χ3n) is 3.79. The van der Waals surface area contributed by atoms with E-state index in [0.29, 0.717) is 11.7 Å². The Kier molecular flexibility index (Phi) is 5.45. The molecule has 0 radical (unpaired) electrons. The van der Waals surface area contributed by atoms with Crippen LogP contribution in [0.3, 0.4) is 0 Å². The van der Waals surface area contributed by atoms with E-state index in [9.17, 15) is 13.2 Å². The van der Waals surface area contributed by atoms with Crippen LogP contribution in [-0.2, 0) is 6.18 Å². The summed E-state index contributed by atoms with van der Waals surface area (Å²) in [6.07, 6.45) is 1.23. The van der Waals surface area contributed by atoms with Gasteiger partial charge in [-0.3, -0.25) is 0 Å². The number of nitrogens with zero attached hydrogens (tertiary/aromatic N) is 2. The lowest BCUT2D eigenvalue weighted by molar-refractivity contribution is -0.141. The summed E-state index contributed by atoms with van der Waals surface area (Å²) in [5.74, 6) is 0. The van der Waals surface area contributed by atoms with Crippen LogP contribution in [0.15, 0.2) is 18.3 Å². The van der Waals surface area contributed by atoms with Crippen LogP contribution >= 0.6 is 0 Å². The minimum Gasteiger partial charge on any atom is -0.381 e. The van der Waals surface area contributed by atoms with Gasteiger partial charge in [-0.2, -0.15) is 13.2 Å². The number of hydrogen-bond donors (Lipinski definition) is 1. The van der Waals surface area contributed by atoms with Crippen LogP contribution in [0.2, 0.25) is 0 Å². The number of anilines is 1. The highest BCUT2D eigenvalue weighted by molar-refractivity contribution is 5.42. The fourth-order valence-corrected chi connectivity index (χ4v) is 2.72. The standard InChI is InChI=1S/C15H22F3N3/c1-2-8-21-9-3-4-12(7-10-21)20-13-5-6-14(19-11-13)15(16,17)18/h5-6,11-12,20H,2-4,7-10H2,1H3. The summed E-state index contributed by atoms with van der Waals surface area (Å²) in [4.78, 5) is 5.94. The van der Waals surface area contributed by atoms with E-state index < -0.39 is 11.9 Å². The number of aromatic nitrogens is 1. The second-order valence-corrected chi connectivity index (χ2v) is 5.54. The van der Waals surface area contributed by atoms with E-state index >= 15 is 0 Å². The minimum absolute atomic E-state index is 0.311. The van der Waals surface area contributed by atoms with Crippen LogP contribution in [-0.4, -0.2) is 35.6 Å². The smallest absolute Gasteiger partial charge is 0.381 e. The van der Waals surface area contributed by atoms with Crippen molar-refractivity contribution < 1.29 is 13.2 Å². The number of nitrogens with one attached hydrogen (secondary N) is 1. The maximum atomic E-state index is 12.5. The number of halogens is 3. The van der Waals surface area contributed by atoms with Crippen molar-refractivity contribution in [2.75, 3.05) is 25.0 Å². The molecule has 1 fully saturated rings. The third-order valence-corrected chi connectivity index (χ3v) is 3.79. The number of rotatable bonds is 4. The van der Waals surface area contributed by atoms with Crippen molar-refractivity contribution in [2.24, 2.45) is 0 Å². The molecule has 1 aliphatic heterocycles. The third kappa shape index (κ3) is 4.88. The summed E-state index contributed by atoms with van der Waals surface area (Å²) in [5, 5.41) is 3.31. The molecule has 0 aliphatic carbocycles. The van der Waals surface area contributed by atoms with Gasteiger partial charge >= 0.3 is 6.18 Å². The average molecular weight is 301 g/mol. The summed E-state index contributed by atoms with van der Waals surface area (Å²) < 4.78 is 37.4. The molecule has 118 valence electrons. The van der Waals surface area contributed by atoms with Gasteiger partial charge in [0.1, 0.15) is 5.69 Å². The molecule has 1 N–H and O–H groups in total. The fraction of sp³-hybridized carbons (Fsp3) is 0.667. The molecule has 3 nitrogen and oxygen atoms in total. The summed E-state index contributed by atoms with van der Waals surface area (Å²) in [6, 6.07) is 2.80. The second-order valence-electron chi connectivity index (χ2n) is 5.54. The molecule has 1 aromatic heterocycles. The van der Waals surface area contributed by atoms with Crippen molar-refractivity contribution >= 4 is 5.69 Å². The molecule has 0 amide bonds. The quantitative estimate of drug-likeness (QED) is 0.917. The highest BCUT2D eigenvalue weighted by Crippen LogP contribution is 2.28. The first-order chi connectivity index (χ1) is 9.99. The highest BCUT2D eigenvalue weighted by atomic mass is 19.4. The van der Waals surface area contributed by atoms with Crippen molar-refractivity contribution in [3.63, 3.8) is 0 Å². The zero-order valence-corrected chi connectivity index (χ0v) is 12.3. The minimum atomic E-state index is -4.37. The van der Waals surface area contributed by atoms with E-state index in [4.69, 9.17) is 0 Å². The lowest BCUT2D eigenvalue weighted by Crippen LogP contribution is -2.27. The predicted molar refractivity (Wildman–Crippen MR) is 77.2 cm³/mol. The van der Waals surface area contributed by atoms with Gasteiger partial charge in [-0.15, -0.1) is 0 Å². The molecule has 0 aromatic carbocycles. The first-order valence-electron chi connectivity index (χ1n) is 7.51. The normalized spacial score (nSPS) is 21.0. The monoisotopic (exact) mass is 301 g/mol. The van der Waals surface area contributed by atoms with Crippen LogP contribution in [0.5, 0.6) is 0 Å². The van der Waals surface area contributed by atoms with Crippen LogP contribution in [0.1, 0.15) is 38.3 Å². The van der Waals surface area contributed by atoms with Gasteiger partial charge in [-0.25, -0.2) is 4.98 Å². The van der Waals surface area contributed by atoms with Crippen molar-refractivity contribution in [3.05, 3.63) is 24.0 Å². The molecule has 1 atom stereocenters. The van der Waals surface area contributed by atoms with Gasteiger partial charge in [-0.05, 0) is 50.9 Å². The average Bonchev–Trinajstić information content (AvgIpc) is 2.65. The number of pyridine rings is 1. The predicted octanol–water partition coefficient (Wildman–Crippen LogP) is 3.78. The first kappa shape index (κ1) is 16.1. The maximum absolute atomic E-state index is 12.5. The van der Waals surface area contributed by atoms with Crippen LogP contribution in [0, 0.1) is 0 Å². The van der Waals surface area contributed by atoms with Crippen molar-refractivity contribution in [3.8, 4) is 0 Å². The molecule has 1 aliphatic rings. The Bertz CT molecular complexity index is 431. The molecule has 1 unspecified atom stereocenters. The first-order valence-corrected chi connectivity index (χ1v) is 7.51. The van der Waals surface area contributed by atoms with Gasteiger partial charge in [0.25, 0.3) is 0 Å². The molecule has 1 saturated heterocycles. The topological polar surface area (TPSA) is 28.2 Å². The Morgan fingerprint density at radius 3 is 2.71 bits per heavy atom. The largest absolute Gasteiger partial charge is 0.433 e. The van der Waals surface area contributed by atoms with Gasteiger partial charge in [0.2, 0.25) is 0 Å². The van der Waals surface area contributed by atoms with Crippen LogP contribution in [0.25, 0.3) is 0 Å². The Morgan fingerprint density at radius 2 is 2.10 bits per heavy atom. The maximum Gasteiger partial charge on any atom is 0.433 e. The van der Waals surface area contributed by atoms with E-state index in [-0.39, 0.29) is 0 Å². The van der Waals surface area contributed by atoms with Gasteiger partial charge < -0.3 is 10.2 Å². The molecule has 0 saturated carbocycles. The fourth-order valence-electron chi connectivity index (χ4n) is 2.72. The molecular weight excluding hydrogens is 279 g/mol. The molecule has 0 bridgehead atoms. The van der Waals surface area contributed by atoms with Crippen molar-refractivity contribution in [1.29, 1.82) is 0 Å². The zero-order chi connectivity index (χ0) is 15.3. The van der Waals surface area contributed by atoms with Gasteiger partial charge in [0.15, 0.2) is 0 Å². The van der Waals surface area contributed by atoms with Gasteiger partial charge in [0, 0.05) is 12.6 Å². The SMILES string of the molecule is CCCN1CCCC(Nc2ccc(C(F)(F)F)nc2)CC1. The Hall–Kier alpha value is -1.30. The molecular formula is C15H22F3N3.